The van der Waals surface area contributed by atoms with Crippen LogP contribution in [0.15, 0.2) is 47.4 Å². The Hall–Kier alpha value is -2.69. The first kappa shape index (κ1) is 25.0. The molecule has 0 atom stereocenters. The molecule has 36 heavy (non-hydrogen) atoms. The highest BCUT2D eigenvalue weighted by molar-refractivity contribution is 7.89. The van der Waals surface area contributed by atoms with E-state index in [1.54, 1.807) is 40.6 Å². The molecule has 0 radical (unpaired) electrons. The second kappa shape index (κ2) is 10.7. The standard InChI is InChI=1S/C26H31N3O5S2/c1-33-21-8-11-24-23(18-21)27-26(35-24)34-20-12-16-28(17-13-20)25(30)19-6-9-22(10-7-19)36(31,32)29-14-4-2-3-5-15-29/h6-11,18,20H,2-5,12-17H2,1H3. The van der Waals surface area contributed by atoms with Crippen molar-refractivity contribution in [3.63, 3.8) is 0 Å². The van der Waals surface area contributed by atoms with E-state index in [0.717, 1.165) is 41.6 Å². The van der Waals surface area contributed by atoms with Crippen molar-refractivity contribution in [3.05, 3.63) is 48.0 Å². The summed E-state index contributed by atoms with van der Waals surface area (Å²) in [6.07, 6.45) is 5.34. The Morgan fingerprint density at radius 3 is 2.33 bits per heavy atom. The van der Waals surface area contributed by atoms with Crippen molar-refractivity contribution in [2.45, 2.75) is 49.5 Å². The number of aromatic nitrogens is 1. The molecule has 2 saturated heterocycles. The molecule has 2 aliphatic heterocycles. The molecule has 0 saturated carbocycles. The first-order valence-electron chi connectivity index (χ1n) is 12.4. The van der Waals surface area contributed by atoms with Crippen LogP contribution < -0.4 is 9.47 Å². The molecule has 0 N–H and O–H groups in total. The van der Waals surface area contributed by atoms with Gasteiger partial charge < -0.3 is 14.4 Å². The van der Waals surface area contributed by atoms with Crippen molar-refractivity contribution in [3.8, 4) is 10.9 Å². The van der Waals surface area contributed by atoms with Gasteiger partial charge in [-0.25, -0.2) is 13.4 Å². The van der Waals surface area contributed by atoms with Gasteiger partial charge in [0.1, 0.15) is 11.9 Å². The summed E-state index contributed by atoms with van der Waals surface area (Å²) in [5.74, 6) is 0.679. The van der Waals surface area contributed by atoms with Gasteiger partial charge in [-0.3, -0.25) is 4.79 Å². The molecule has 0 bridgehead atoms. The third kappa shape index (κ3) is 5.35. The fourth-order valence-corrected chi connectivity index (χ4v) is 7.14. The average Bonchev–Trinajstić information content (AvgIpc) is 3.09. The molecule has 10 heteroatoms. The quantitative estimate of drug-likeness (QED) is 0.465. The number of nitrogens with zero attached hydrogens (tertiary/aromatic N) is 3. The van der Waals surface area contributed by atoms with Gasteiger partial charge in [0.25, 0.3) is 11.1 Å². The van der Waals surface area contributed by atoms with Crippen LogP contribution >= 0.6 is 11.3 Å². The number of amides is 1. The molecule has 1 aromatic heterocycles. The normalized spacial score (nSPS) is 18.2. The zero-order valence-corrected chi connectivity index (χ0v) is 22.0. The topological polar surface area (TPSA) is 89.0 Å². The highest BCUT2D eigenvalue weighted by Crippen LogP contribution is 2.32. The summed E-state index contributed by atoms with van der Waals surface area (Å²) in [6.45, 7) is 2.28. The van der Waals surface area contributed by atoms with E-state index < -0.39 is 10.0 Å². The van der Waals surface area contributed by atoms with E-state index >= 15 is 0 Å². The molecule has 0 unspecified atom stereocenters. The fourth-order valence-electron chi connectivity index (χ4n) is 4.77. The molecule has 192 valence electrons. The fraction of sp³-hybridized carbons (Fsp3) is 0.462. The molecule has 0 spiro atoms. The number of sulfonamides is 1. The zero-order chi connectivity index (χ0) is 25.1. The van der Waals surface area contributed by atoms with Gasteiger partial charge in [-0.15, -0.1) is 0 Å². The smallest absolute Gasteiger partial charge is 0.274 e. The number of hydrogen-bond acceptors (Lipinski definition) is 7. The summed E-state index contributed by atoms with van der Waals surface area (Å²) in [4.78, 5) is 19.7. The third-order valence-corrected chi connectivity index (χ3v) is 9.72. The van der Waals surface area contributed by atoms with Crippen molar-refractivity contribution in [2.75, 3.05) is 33.3 Å². The lowest BCUT2D eigenvalue weighted by Gasteiger charge is -2.31. The van der Waals surface area contributed by atoms with E-state index in [1.165, 1.54) is 11.3 Å². The molecule has 2 aromatic carbocycles. The summed E-state index contributed by atoms with van der Waals surface area (Å²) in [5.41, 5.74) is 1.35. The van der Waals surface area contributed by atoms with E-state index in [1.807, 2.05) is 18.2 Å². The van der Waals surface area contributed by atoms with Gasteiger partial charge in [-0.2, -0.15) is 4.31 Å². The van der Waals surface area contributed by atoms with Crippen LogP contribution in [0.25, 0.3) is 10.2 Å². The summed E-state index contributed by atoms with van der Waals surface area (Å²) in [5, 5.41) is 0.629. The number of benzene rings is 2. The van der Waals surface area contributed by atoms with Gasteiger partial charge in [0.2, 0.25) is 10.0 Å². The number of fused-ring (bicyclic) bond motifs is 1. The van der Waals surface area contributed by atoms with Gasteiger partial charge in [-0.1, -0.05) is 24.2 Å². The molecule has 1 amide bonds. The number of ether oxygens (including phenoxy) is 2. The summed E-state index contributed by atoms with van der Waals surface area (Å²) in [7, 11) is -1.89. The van der Waals surface area contributed by atoms with Gasteiger partial charge >= 0.3 is 0 Å². The molecule has 8 nitrogen and oxygen atoms in total. The van der Waals surface area contributed by atoms with Crippen molar-refractivity contribution < 1.29 is 22.7 Å². The lowest BCUT2D eigenvalue weighted by molar-refractivity contribution is 0.0595. The van der Waals surface area contributed by atoms with Crippen LogP contribution in [-0.2, 0) is 10.0 Å². The Labute approximate surface area is 215 Å². The monoisotopic (exact) mass is 529 g/mol. The minimum Gasteiger partial charge on any atom is -0.497 e. The van der Waals surface area contributed by atoms with Crippen molar-refractivity contribution >= 4 is 37.5 Å². The van der Waals surface area contributed by atoms with Crippen LogP contribution in [-0.4, -0.2) is 67.9 Å². The highest BCUT2D eigenvalue weighted by atomic mass is 32.2. The minimum atomic E-state index is -3.52. The van der Waals surface area contributed by atoms with E-state index in [9.17, 15) is 13.2 Å². The lowest BCUT2D eigenvalue weighted by Crippen LogP contribution is -2.41. The number of thiazole rings is 1. The second-order valence-electron chi connectivity index (χ2n) is 9.27. The van der Waals surface area contributed by atoms with Crippen LogP contribution in [0.1, 0.15) is 48.9 Å². The van der Waals surface area contributed by atoms with E-state index in [-0.39, 0.29) is 16.9 Å². The molecule has 2 aliphatic rings. The molecule has 3 heterocycles. The Balaban J connectivity index is 1.17. The molecular formula is C26H31N3O5S2. The highest BCUT2D eigenvalue weighted by Gasteiger charge is 2.28. The van der Waals surface area contributed by atoms with Crippen molar-refractivity contribution in [1.29, 1.82) is 0 Å². The Kier molecular flexibility index (Phi) is 7.45. The number of carbonyl (C=O) groups excluding carboxylic acids is 1. The summed E-state index contributed by atoms with van der Waals surface area (Å²) >= 11 is 1.51. The van der Waals surface area contributed by atoms with Crippen LogP contribution in [0.3, 0.4) is 0 Å². The van der Waals surface area contributed by atoms with Crippen LogP contribution in [0.5, 0.6) is 10.9 Å². The Morgan fingerprint density at radius 1 is 0.972 bits per heavy atom. The predicted molar refractivity (Wildman–Crippen MR) is 139 cm³/mol. The molecule has 0 aliphatic carbocycles. The maximum Gasteiger partial charge on any atom is 0.274 e. The Morgan fingerprint density at radius 2 is 1.67 bits per heavy atom. The van der Waals surface area contributed by atoms with Gasteiger partial charge in [0.05, 0.1) is 22.2 Å². The number of likely N-dealkylation sites (tertiary alicyclic amines) is 1. The van der Waals surface area contributed by atoms with Crippen LogP contribution in [0, 0.1) is 0 Å². The molecular weight excluding hydrogens is 498 g/mol. The van der Waals surface area contributed by atoms with E-state index in [2.05, 4.69) is 4.98 Å². The average molecular weight is 530 g/mol. The third-order valence-electron chi connectivity index (χ3n) is 6.88. The molecule has 5 rings (SSSR count). The summed E-state index contributed by atoms with van der Waals surface area (Å²) < 4.78 is 40.0. The summed E-state index contributed by atoms with van der Waals surface area (Å²) in [6, 6.07) is 12.2. The Bertz CT molecular complexity index is 1310. The zero-order valence-electron chi connectivity index (χ0n) is 20.4. The van der Waals surface area contributed by atoms with E-state index in [0.29, 0.717) is 49.8 Å². The van der Waals surface area contributed by atoms with Gasteiger partial charge in [0, 0.05) is 50.7 Å². The van der Waals surface area contributed by atoms with E-state index in [4.69, 9.17) is 9.47 Å². The second-order valence-corrected chi connectivity index (χ2v) is 12.2. The van der Waals surface area contributed by atoms with Crippen LogP contribution in [0.2, 0.25) is 0 Å². The largest absolute Gasteiger partial charge is 0.497 e. The van der Waals surface area contributed by atoms with Crippen molar-refractivity contribution in [2.24, 2.45) is 0 Å². The molecule has 2 fully saturated rings. The molecule has 3 aromatic rings. The SMILES string of the molecule is COc1ccc2sc(OC3CCN(C(=O)c4ccc(S(=O)(=O)N5CCCCCC5)cc4)CC3)nc2c1. The maximum atomic E-state index is 13.1. The first-order chi connectivity index (χ1) is 17.4. The van der Waals surface area contributed by atoms with Crippen molar-refractivity contribution in [1.82, 2.24) is 14.2 Å². The van der Waals surface area contributed by atoms with Crippen LogP contribution in [0.4, 0.5) is 0 Å². The number of carbonyl (C=O) groups is 1. The first-order valence-corrected chi connectivity index (χ1v) is 14.7. The van der Waals surface area contributed by atoms with Gasteiger partial charge in [-0.05, 0) is 49.2 Å². The maximum absolute atomic E-state index is 13.1. The predicted octanol–water partition coefficient (Wildman–Crippen LogP) is 4.55. The number of methoxy groups -OCH3 is 1. The number of rotatable bonds is 6. The lowest BCUT2D eigenvalue weighted by atomic mass is 10.1. The minimum absolute atomic E-state index is 0.00217. The van der Waals surface area contributed by atoms with Gasteiger partial charge in [0.15, 0.2) is 0 Å². The number of piperidine rings is 1. The number of hydrogen-bond donors (Lipinski definition) is 0.